The molecule has 0 bridgehead atoms. The smallest absolute Gasteiger partial charge is 0.253 e. The summed E-state index contributed by atoms with van der Waals surface area (Å²) in [7, 11) is 5.16. The van der Waals surface area contributed by atoms with Crippen molar-refractivity contribution in [2.24, 2.45) is 10.9 Å². The largest absolute Gasteiger partial charge is 0.383 e. The van der Waals surface area contributed by atoms with Crippen molar-refractivity contribution in [1.82, 2.24) is 19.9 Å². The summed E-state index contributed by atoms with van der Waals surface area (Å²) in [6.07, 6.45) is 1.32. The fourth-order valence-electron chi connectivity index (χ4n) is 4.44. The Morgan fingerprint density at radius 3 is 2.50 bits per heavy atom. The lowest BCUT2D eigenvalue weighted by molar-refractivity contribution is -0.126. The first-order valence-electron chi connectivity index (χ1n) is 12.1. The molecule has 10 nitrogen and oxygen atoms in total. The number of nitrogens with zero attached hydrogens (tertiary/aromatic N) is 4. The molecule has 1 aromatic heterocycles. The Balaban J connectivity index is 1.42. The first-order valence-corrected chi connectivity index (χ1v) is 12.1. The van der Waals surface area contributed by atoms with Gasteiger partial charge in [-0.1, -0.05) is 12.1 Å². The Morgan fingerprint density at radius 1 is 1.11 bits per heavy atom. The molecule has 10 heteroatoms. The Labute approximate surface area is 210 Å². The molecular formula is C26H33N7O3. The number of nitrogens with one attached hydrogen (secondary N) is 3. The topological polar surface area (TPSA) is 113 Å². The van der Waals surface area contributed by atoms with Gasteiger partial charge in [0.25, 0.3) is 5.91 Å². The fourth-order valence-corrected chi connectivity index (χ4v) is 4.44. The monoisotopic (exact) mass is 491 g/mol. The molecule has 3 aromatic rings. The van der Waals surface area contributed by atoms with Crippen LogP contribution in [0.3, 0.4) is 0 Å². The van der Waals surface area contributed by atoms with E-state index < -0.39 is 0 Å². The van der Waals surface area contributed by atoms with Crippen molar-refractivity contribution < 1.29 is 14.3 Å². The molecule has 190 valence electrons. The maximum Gasteiger partial charge on any atom is 0.253 e. The number of piperidine rings is 1. The number of benzene rings is 2. The molecule has 1 saturated heterocycles. The van der Waals surface area contributed by atoms with E-state index in [2.05, 4.69) is 21.1 Å². The summed E-state index contributed by atoms with van der Waals surface area (Å²) >= 11 is 0. The van der Waals surface area contributed by atoms with Crippen LogP contribution < -0.4 is 21.5 Å². The van der Waals surface area contributed by atoms with E-state index in [0.717, 1.165) is 16.7 Å². The van der Waals surface area contributed by atoms with E-state index >= 15 is 0 Å². The van der Waals surface area contributed by atoms with Gasteiger partial charge in [-0.05, 0) is 49.2 Å². The lowest BCUT2D eigenvalue weighted by atomic mass is 9.95. The maximum atomic E-state index is 13.0. The number of rotatable bonds is 8. The normalized spacial score (nSPS) is 14.6. The van der Waals surface area contributed by atoms with Crippen molar-refractivity contribution in [2.75, 3.05) is 58.2 Å². The molecule has 1 fully saturated rings. The molecule has 4 rings (SSSR count). The Hall–Kier alpha value is -3.92. The average molecular weight is 492 g/mol. The van der Waals surface area contributed by atoms with Gasteiger partial charge in [0.1, 0.15) is 0 Å². The number of para-hydroxylation sites is 2. The molecule has 2 heterocycles. The molecule has 1 aliphatic rings. The van der Waals surface area contributed by atoms with Gasteiger partial charge < -0.3 is 25.7 Å². The van der Waals surface area contributed by atoms with Crippen molar-refractivity contribution >= 4 is 34.4 Å². The van der Waals surface area contributed by atoms with Gasteiger partial charge in [0, 0.05) is 58.0 Å². The van der Waals surface area contributed by atoms with Crippen LogP contribution in [0.2, 0.25) is 0 Å². The van der Waals surface area contributed by atoms with E-state index in [0.29, 0.717) is 56.0 Å². The zero-order valence-corrected chi connectivity index (χ0v) is 21.0. The van der Waals surface area contributed by atoms with E-state index in [1.165, 1.54) is 0 Å². The first kappa shape index (κ1) is 25.2. The standard InChI is InChI=1S/C26H33N7O3/c1-27-24-23(31-21-6-4-5-7-22(21)33(24)28-2)30-20-10-8-19(9-11-20)26(35)32-15-12-18(13-16-32)25(34)29-14-17-36-3/h4-11,18,28H,12-17H2,1-3H3,(H,29,34)(H,30,31). The minimum Gasteiger partial charge on any atom is -0.383 e. The Morgan fingerprint density at radius 2 is 1.83 bits per heavy atom. The van der Waals surface area contributed by atoms with Crippen LogP contribution in [0.15, 0.2) is 53.5 Å². The van der Waals surface area contributed by atoms with Gasteiger partial charge in [0.2, 0.25) is 5.91 Å². The molecule has 36 heavy (non-hydrogen) atoms. The zero-order chi connectivity index (χ0) is 25.5. The van der Waals surface area contributed by atoms with E-state index in [4.69, 9.17) is 9.72 Å². The number of fused-ring (bicyclic) bond motifs is 1. The van der Waals surface area contributed by atoms with Crippen molar-refractivity contribution in [1.29, 1.82) is 0 Å². The van der Waals surface area contributed by atoms with Crippen LogP contribution >= 0.6 is 0 Å². The lowest BCUT2D eigenvalue weighted by Crippen LogP contribution is -2.43. The second-order valence-corrected chi connectivity index (χ2v) is 8.61. The SMILES string of the molecule is CN=c1c(Nc2ccc(C(=O)N3CCC(C(=O)NCCOC)CC3)cc2)nc2ccccc2n1NC. The molecule has 0 saturated carbocycles. The number of methoxy groups -OCH3 is 1. The molecule has 2 aromatic carbocycles. The molecule has 1 aliphatic heterocycles. The minimum absolute atomic E-state index is 0.0270. The van der Waals surface area contributed by atoms with E-state index in [9.17, 15) is 9.59 Å². The summed E-state index contributed by atoms with van der Waals surface area (Å²) in [5.74, 6) is 0.552. The van der Waals surface area contributed by atoms with Crippen LogP contribution in [0.4, 0.5) is 11.5 Å². The number of hydrogen-bond donors (Lipinski definition) is 3. The molecule has 2 amide bonds. The third kappa shape index (κ3) is 5.49. The first-order chi connectivity index (χ1) is 17.5. The number of hydrogen-bond acceptors (Lipinski definition) is 7. The highest BCUT2D eigenvalue weighted by Gasteiger charge is 2.27. The molecule has 0 aliphatic carbocycles. The van der Waals surface area contributed by atoms with Gasteiger partial charge in [0.15, 0.2) is 11.3 Å². The lowest BCUT2D eigenvalue weighted by Gasteiger charge is -2.31. The zero-order valence-electron chi connectivity index (χ0n) is 21.0. The highest BCUT2D eigenvalue weighted by Crippen LogP contribution is 2.21. The molecule has 3 N–H and O–H groups in total. The van der Waals surface area contributed by atoms with Crippen LogP contribution in [0.25, 0.3) is 11.0 Å². The van der Waals surface area contributed by atoms with Crippen molar-refractivity contribution in [3.05, 3.63) is 59.6 Å². The summed E-state index contributed by atoms with van der Waals surface area (Å²) in [6, 6.07) is 15.2. The number of amides is 2. The van der Waals surface area contributed by atoms with Crippen molar-refractivity contribution in [3.8, 4) is 0 Å². The van der Waals surface area contributed by atoms with E-state index in [-0.39, 0.29) is 17.7 Å². The molecule has 0 radical (unpaired) electrons. The average Bonchev–Trinajstić information content (AvgIpc) is 2.92. The highest BCUT2D eigenvalue weighted by atomic mass is 16.5. The second-order valence-electron chi connectivity index (χ2n) is 8.61. The van der Waals surface area contributed by atoms with Crippen molar-refractivity contribution in [2.45, 2.75) is 12.8 Å². The molecular weight excluding hydrogens is 458 g/mol. The number of aromatic nitrogens is 2. The van der Waals surface area contributed by atoms with Gasteiger partial charge in [0.05, 0.1) is 17.6 Å². The van der Waals surface area contributed by atoms with Crippen LogP contribution in [0.5, 0.6) is 0 Å². The Kier molecular flexibility index (Phi) is 8.17. The third-order valence-electron chi connectivity index (χ3n) is 6.37. The summed E-state index contributed by atoms with van der Waals surface area (Å²) < 4.78 is 6.85. The number of anilines is 2. The van der Waals surface area contributed by atoms with Gasteiger partial charge >= 0.3 is 0 Å². The van der Waals surface area contributed by atoms with Crippen LogP contribution in [-0.4, -0.2) is 73.8 Å². The van der Waals surface area contributed by atoms with Crippen molar-refractivity contribution in [3.63, 3.8) is 0 Å². The summed E-state index contributed by atoms with van der Waals surface area (Å²) in [6.45, 7) is 2.13. The Bertz CT molecular complexity index is 1280. The fraction of sp³-hybridized carbons (Fsp3) is 0.385. The van der Waals surface area contributed by atoms with Gasteiger partial charge in [-0.3, -0.25) is 14.6 Å². The van der Waals surface area contributed by atoms with Crippen LogP contribution in [-0.2, 0) is 9.53 Å². The highest BCUT2D eigenvalue weighted by molar-refractivity contribution is 5.95. The predicted octanol–water partition coefficient (Wildman–Crippen LogP) is 2.10. The number of carbonyl (C=O) groups excluding carboxylic acids is 2. The van der Waals surface area contributed by atoms with Crippen LogP contribution in [0, 0.1) is 5.92 Å². The number of likely N-dealkylation sites (tertiary alicyclic amines) is 1. The van der Waals surface area contributed by atoms with Gasteiger partial charge in [-0.15, -0.1) is 0 Å². The van der Waals surface area contributed by atoms with Gasteiger partial charge in [-0.2, -0.15) is 0 Å². The second kappa shape index (κ2) is 11.7. The minimum atomic E-state index is -0.0644. The van der Waals surface area contributed by atoms with E-state index in [1.54, 1.807) is 14.2 Å². The molecule has 0 atom stereocenters. The third-order valence-corrected chi connectivity index (χ3v) is 6.37. The maximum absolute atomic E-state index is 13.0. The van der Waals surface area contributed by atoms with Gasteiger partial charge in [-0.25, -0.2) is 9.66 Å². The molecule has 0 unspecified atom stereocenters. The summed E-state index contributed by atoms with van der Waals surface area (Å²) in [5, 5.41) is 6.22. The number of carbonyl (C=O) groups is 2. The summed E-state index contributed by atoms with van der Waals surface area (Å²) in [5.41, 5.74) is 6.97. The summed E-state index contributed by atoms with van der Waals surface area (Å²) in [4.78, 5) is 36.3. The molecule has 0 spiro atoms. The number of ether oxygens (including phenoxy) is 1. The quantitative estimate of drug-likeness (QED) is 0.416. The predicted molar refractivity (Wildman–Crippen MR) is 140 cm³/mol. The van der Waals surface area contributed by atoms with E-state index in [1.807, 2.05) is 65.2 Å². The van der Waals surface area contributed by atoms with Crippen LogP contribution in [0.1, 0.15) is 23.2 Å².